The Labute approximate surface area is 104 Å². The summed E-state index contributed by atoms with van der Waals surface area (Å²) in [7, 11) is 0. The van der Waals surface area contributed by atoms with Gasteiger partial charge < -0.3 is 5.11 Å². The molecule has 0 amide bonds. The first-order valence-corrected chi connectivity index (χ1v) is 5.45. The van der Waals surface area contributed by atoms with E-state index >= 15 is 0 Å². The Balaban J connectivity index is 2.74. The Morgan fingerprint density at radius 2 is 1.94 bits per heavy atom. The maximum Gasteiger partial charge on any atom is 0.223 e. The molecule has 0 saturated heterocycles. The second kappa shape index (κ2) is 4.56. The largest absolute Gasteiger partial charge is 0.504 e. The molecule has 2 aromatic rings. The van der Waals surface area contributed by atoms with Crippen molar-refractivity contribution in [2.24, 2.45) is 0 Å². The third kappa shape index (κ3) is 2.09. The van der Waals surface area contributed by atoms with Crippen LogP contribution in [0.25, 0.3) is 11.1 Å². The Bertz CT molecular complexity index is 668. The molecule has 0 saturated carbocycles. The van der Waals surface area contributed by atoms with Gasteiger partial charge in [0.15, 0.2) is 5.75 Å². The fourth-order valence-electron chi connectivity index (χ4n) is 1.75. The summed E-state index contributed by atoms with van der Waals surface area (Å²) in [6.07, 6.45) is 2.68. The molecule has 0 aliphatic heterocycles. The van der Waals surface area contributed by atoms with Crippen LogP contribution in [0.15, 0.2) is 35.4 Å². The molecule has 0 spiro atoms. The van der Waals surface area contributed by atoms with Crippen molar-refractivity contribution in [1.29, 1.82) is 0 Å². The summed E-state index contributed by atoms with van der Waals surface area (Å²) in [5.41, 5.74) is 1.68. The molecule has 0 radical (unpaired) electrons. The van der Waals surface area contributed by atoms with Crippen LogP contribution in [-0.4, -0.2) is 10.1 Å². The molecule has 1 aromatic heterocycles. The number of aryl methyl sites for hydroxylation is 1. The van der Waals surface area contributed by atoms with Gasteiger partial charge in [-0.25, -0.2) is 4.39 Å². The highest BCUT2D eigenvalue weighted by molar-refractivity contribution is 5.66. The number of hydrogen-bond donors (Lipinski definition) is 1. The van der Waals surface area contributed by atoms with Crippen LogP contribution in [0.4, 0.5) is 4.39 Å². The minimum Gasteiger partial charge on any atom is -0.504 e. The monoisotopic (exact) mass is 245 g/mol. The van der Waals surface area contributed by atoms with E-state index in [1.807, 2.05) is 0 Å². The van der Waals surface area contributed by atoms with Gasteiger partial charge in [-0.2, -0.15) is 0 Å². The van der Waals surface area contributed by atoms with Crippen LogP contribution < -0.4 is 5.43 Å². The predicted octanol–water partition coefficient (Wildman–Crippen LogP) is 2.57. The molecule has 0 atom stereocenters. The number of halogens is 1. The van der Waals surface area contributed by atoms with Crippen LogP contribution in [0.1, 0.15) is 11.1 Å². The lowest BCUT2D eigenvalue weighted by molar-refractivity contribution is 0.470. The topological polar surface area (TPSA) is 50.2 Å². The van der Waals surface area contributed by atoms with Crippen molar-refractivity contribution in [1.82, 2.24) is 4.98 Å². The highest BCUT2D eigenvalue weighted by Gasteiger charge is 2.08. The molecule has 4 heteroatoms. The minimum atomic E-state index is -0.428. The van der Waals surface area contributed by atoms with Gasteiger partial charge in [-0.05, 0) is 37.1 Å². The van der Waals surface area contributed by atoms with Crippen LogP contribution >= 0.6 is 0 Å². The lowest BCUT2D eigenvalue weighted by Gasteiger charge is -2.04. The van der Waals surface area contributed by atoms with Crippen LogP contribution in [0.2, 0.25) is 0 Å². The lowest BCUT2D eigenvalue weighted by Crippen LogP contribution is -1.99. The number of rotatable bonds is 1. The zero-order chi connectivity index (χ0) is 13.3. The number of hydrogen-bond acceptors (Lipinski definition) is 3. The van der Waals surface area contributed by atoms with Gasteiger partial charge in [0.25, 0.3) is 0 Å². The summed E-state index contributed by atoms with van der Waals surface area (Å²) in [6, 6.07) is 4.51. The Morgan fingerprint density at radius 3 is 2.67 bits per heavy atom. The second-order valence-electron chi connectivity index (χ2n) is 4.12. The van der Waals surface area contributed by atoms with Crippen LogP contribution in [0, 0.1) is 19.7 Å². The summed E-state index contributed by atoms with van der Waals surface area (Å²) >= 11 is 0. The molecule has 0 aliphatic rings. The van der Waals surface area contributed by atoms with E-state index in [4.69, 9.17) is 0 Å². The predicted molar refractivity (Wildman–Crippen MR) is 67.0 cm³/mol. The summed E-state index contributed by atoms with van der Waals surface area (Å²) in [4.78, 5) is 15.4. The maximum absolute atomic E-state index is 13.4. The zero-order valence-electron chi connectivity index (χ0n) is 10.1. The van der Waals surface area contributed by atoms with Crippen LogP contribution in [0.3, 0.4) is 0 Å². The van der Waals surface area contributed by atoms with Crippen molar-refractivity contribution in [3.63, 3.8) is 0 Å². The molecular formula is C14H12FNO2. The first kappa shape index (κ1) is 12.2. The molecule has 3 nitrogen and oxygen atoms in total. The zero-order valence-corrected chi connectivity index (χ0v) is 10.1. The van der Waals surface area contributed by atoms with E-state index in [0.29, 0.717) is 22.3 Å². The van der Waals surface area contributed by atoms with Crippen LogP contribution in [0.5, 0.6) is 5.75 Å². The summed E-state index contributed by atoms with van der Waals surface area (Å²) in [5, 5.41) is 9.45. The number of aromatic nitrogens is 1. The second-order valence-corrected chi connectivity index (χ2v) is 4.12. The van der Waals surface area contributed by atoms with E-state index in [1.54, 1.807) is 26.0 Å². The molecule has 0 unspecified atom stereocenters. The molecule has 92 valence electrons. The number of aromatic hydroxyl groups is 1. The van der Waals surface area contributed by atoms with E-state index in [-0.39, 0.29) is 5.75 Å². The molecule has 1 aromatic carbocycles. The Morgan fingerprint density at radius 1 is 1.22 bits per heavy atom. The fourth-order valence-corrected chi connectivity index (χ4v) is 1.75. The summed E-state index contributed by atoms with van der Waals surface area (Å²) in [6.45, 7) is 3.25. The van der Waals surface area contributed by atoms with E-state index in [1.165, 1.54) is 12.3 Å². The number of nitrogens with zero attached hydrogens (tertiary/aromatic N) is 1. The van der Waals surface area contributed by atoms with Crippen LogP contribution in [-0.2, 0) is 0 Å². The van der Waals surface area contributed by atoms with Gasteiger partial charge in [-0.3, -0.25) is 9.78 Å². The van der Waals surface area contributed by atoms with Crippen molar-refractivity contribution in [2.45, 2.75) is 13.8 Å². The molecule has 0 aliphatic carbocycles. The minimum absolute atomic E-state index is 0.319. The van der Waals surface area contributed by atoms with Gasteiger partial charge in [0.1, 0.15) is 5.82 Å². The van der Waals surface area contributed by atoms with E-state index < -0.39 is 11.2 Å². The van der Waals surface area contributed by atoms with Gasteiger partial charge in [0.05, 0.1) is 6.20 Å². The van der Waals surface area contributed by atoms with E-state index in [9.17, 15) is 14.3 Å². The van der Waals surface area contributed by atoms with E-state index in [2.05, 4.69) is 4.98 Å². The highest BCUT2D eigenvalue weighted by atomic mass is 19.1. The van der Waals surface area contributed by atoms with E-state index in [0.717, 1.165) is 6.20 Å². The quantitative estimate of drug-likeness (QED) is 0.840. The smallest absolute Gasteiger partial charge is 0.223 e. The van der Waals surface area contributed by atoms with Gasteiger partial charge >= 0.3 is 0 Å². The first-order valence-electron chi connectivity index (χ1n) is 5.45. The SMILES string of the molecule is Cc1c(F)cncc1-c1ccc(O)c(=O)c(C)c1. The highest BCUT2D eigenvalue weighted by Crippen LogP contribution is 2.24. The van der Waals surface area contributed by atoms with Gasteiger partial charge in [-0.15, -0.1) is 0 Å². The lowest BCUT2D eigenvalue weighted by atomic mass is 10.0. The Kier molecular flexibility index (Phi) is 3.10. The van der Waals surface area contributed by atoms with Crippen molar-refractivity contribution in [3.8, 4) is 16.9 Å². The Hall–Kier alpha value is -2.23. The van der Waals surface area contributed by atoms with Gasteiger partial charge in [0, 0.05) is 17.3 Å². The fraction of sp³-hybridized carbons (Fsp3) is 0.143. The summed E-state index contributed by atoms with van der Waals surface area (Å²) < 4.78 is 13.4. The molecule has 0 bridgehead atoms. The third-order valence-electron chi connectivity index (χ3n) is 2.85. The first-order chi connectivity index (χ1) is 8.50. The molecule has 2 rings (SSSR count). The average molecular weight is 245 g/mol. The summed E-state index contributed by atoms with van der Waals surface area (Å²) in [5.74, 6) is -0.719. The molecule has 18 heavy (non-hydrogen) atoms. The van der Waals surface area contributed by atoms with Crippen molar-refractivity contribution < 1.29 is 9.50 Å². The van der Waals surface area contributed by atoms with Crippen molar-refractivity contribution in [2.75, 3.05) is 0 Å². The van der Waals surface area contributed by atoms with Crippen molar-refractivity contribution >= 4 is 0 Å². The average Bonchev–Trinajstić information content (AvgIpc) is 2.47. The molecule has 1 N–H and O–H groups in total. The standard InChI is InChI=1S/C14H12FNO2/c1-8-5-10(3-4-13(17)14(8)18)11-6-16-7-12(15)9(11)2/h3-7H,1-2H3,(H,17,18). The molecule has 0 fully saturated rings. The van der Waals surface area contributed by atoms with Crippen molar-refractivity contribution in [3.05, 3.63) is 57.8 Å². The van der Waals surface area contributed by atoms with Gasteiger partial charge in [0.2, 0.25) is 5.43 Å². The van der Waals surface area contributed by atoms with Gasteiger partial charge in [-0.1, -0.05) is 6.07 Å². The third-order valence-corrected chi connectivity index (χ3v) is 2.85. The normalized spacial score (nSPS) is 10.4. The molecular weight excluding hydrogens is 233 g/mol. The molecule has 1 heterocycles. The number of pyridine rings is 1. The maximum atomic E-state index is 13.4.